The van der Waals surface area contributed by atoms with Crippen molar-refractivity contribution in [3.63, 3.8) is 0 Å². The molecule has 0 spiro atoms. The molecule has 1 aliphatic rings. The largest absolute Gasteiger partial charge is 0.491 e. The zero-order chi connectivity index (χ0) is 24.0. The highest BCUT2D eigenvalue weighted by atomic mass is 19.4. The zero-order valence-electron chi connectivity index (χ0n) is 17.1. The fraction of sp³-hybridized carbons (Fsp3) is 0.286. The van der Waals surface area contributed by atoms with E-state index in [2.05, 4.69) is 4.74 Å². The maximum absolute atomic E-state index is 14.4. The molecule has 0 radical (unpaired) electrons. The molecule has 6 nitrogen and oxygen atoms in total. The molecule has 2 aromatic rings. The van der Waals surface area contributed by atoms with Crippen molar-refractivity contribution in [3.8, 4) is 11.8 Å². The maximum atomic E-state index is 14.4. The Bertz CT molecular complexity index is 1140. The number of methoxy groups -OCH3 is 1. The van der Waals surface area contributed by atoms with E-state index in [4.69, 9.17) is 5.26 Å². The molecule has 1 fully saturated rings. The molecule has 1 saturated heterocycles. The number of amides is 3. The number of urea groups is 1. The van der Waals surface area contributed by atoms with Crippen LogP contribution in [-0.2, 0) is 16.5 Å². The molecule has 0 saturated carbocycles. The van der Waals surface area contributed by atoms with Crippen molar-refractivity contribution in [1.29, 1.82) is 5.26 Å². The van der Waals surface area contributed by atoms with Crippen molar-refractivity contribution in [1.82, 2.24) is 4.90 Å². The summed E-state index contributed by atoms with van der Waals surface area (Å²) in [4.78, 5) is 27.8. The number of carbonyl (C=O) groups excluding carboxylic acids is 2. The lowest BCUT2D eigenvalue weighted by atomic mass is 9.85. The van der Waals surface area contributed by atoms with E-state index < -0.39 is 57.9 Å². The van der Waals surface area contributed by atoms with Gasteiger partial charge in [-0.3, -0.25) is 4.79 Å². The normalized spacial score (nSPS) is 18.8. The molecule has 1 heterocycles. The predicted octanol–water partition coefficient (Wildman–Crippen LogP) is 4.57. The molecule has 0 aromatic heterocycles. The van der Waals surface area contributed by atoms with Gasteiger partial charge in [0.2, 0.25) is 0 Å². The van der Waals surface area contributed by atoms with Gasteiger partial charge in [0.1, 0.15) is 5.54 Å². The predicted molar refractivity (Wildman–Crippen MR) is 102 cm³/mol. The van der Waals surface area contributed by atoms with E-state index in [1.807, 2.05) is 0 Å². The Morgan fingerprint density at radius 1 is 1.12 bits per heavy atom. The van der Waals surface area contributed by atoms with E-state index in [1.165, 1.54) is 20.0 Å². The first-order chi connectivity index (χ1) is 14.9. The highest BCUT2D eigenvalue weighted by Gasteiger charge is 2.57. The van der Waals surface area contributed by atoms with Gasteiger partial charge in [-0.1, -0.05) is 6.92 Å². The lowest BCUT2D eigenvalue weighted by Crippen LogP contribution is -2.44. The van der Waals surface area contributed by atoms with Gasteiger partial charge < -0.3 is 9.64 Å². The lowest BCUT2D eigenvalue weighted by molar-refractivity contribution is -0.137. The first-order valence-electron chi connectivity index (χ1n) is 9.21. The van der Waals surface area contributed by atoms with Crippen LogP contribution in [0.3, 0.4) is 0 Å². The van der Waals surface area contributed by atoms with Crippen LogP contribution in [0.4, 0.5) is 32.4 Å². The third-order valence-electron chi connectivity index (χ3n) is 5.49. The number of anilines is 1. The Labute approximate surface area is 179 Å². The van der Waals surface area contributed by atoms with Crippen LogP contribution in [0.1, 0.15) is 30.0 Å². The highest BCUT2D eigenvalue weighted by Crippen LogP contribution is 2.44. The first kappa shape index (κ1) is 23.0. The third-order valence-corrected chi connectivity index (χ3v) is 5.49. The number of carbonyl (C=O) groups is 2. The summed E-state index contributed by atoms with van der Waals surface area (Å²) in [5.41, 5.74) is -4.52. The van der Waals surface area contributed by atoms with E-state index in [9.17, 15) is 31.5 Å². The molecule has 3 rings (SSSR count). The molecule has 2 aromatic carbocycles. The highest BCUT2D eigenvalue weighted by molar-refractivity contribution is 6.23. The number of rotatable bonds is 4. The molecule has 1 atom stereocenters. The summed E-state index contributed by atoms with van der Waals surface area (Å²) in [5.74, 6) is -3.90. The summed E-state index contributed by atoms with van der Waals surface area (Å²) in [6.45, 7) is 1.49. The fourth-order valence-electron chi connectivity index (χ4n) is 3.86. The Morgan fingerprint density at radius 2 is 1.72 bits per heavy atom. The SMILES string of the molecule is CCC1(c2cc(F)c(OC)c(F)c2)C(=O)N(c2ccc(C#N)c(C(F)(F)F)c2)C(=O)N1C. The van der Waals surface area contributed by atoms with Gasteiger partial charge in [0.05, 0.1) is 30.0 Å². The van der Waals surface area contributed by atoms with Crippen molar-refractivity contribution in [3.05, 3.63) is 58.7 Å². The molecule has 168 valence electrons. The number of ether oxygens (including phenoxy) is 1. The van der Waals surface area contributed by atoms with Gasteiger partial charge in [-0.15, -0.1) is 0 Å². The van der Waals surface area contributed by atoms with Crippen LogP contribution in [0.5, 0.6) is 5.75 Å². The third kappa shape index (κ3) is 3.23. The number of alkyl halides is 3. The van der Waals surface area contributed by atoms with Gasteiger partial charge in [0, 0.05) is 7.05 Å². The smallest absolute Gasteiger partial charge is 0.417 e. The summed E-state index contributed by atoms with van der Waals surface area (Å²) in [6.07, 6.45) is -5.04. The topological polar surface area (TPSA) is 73.6 Å². The molecule has 3 amide bonds. The molecular formula is C21H16F5N3O3. The van der Waals surface area contributed by atoms with Crippen LogP contribution in [0, 0.1) is 23.0 Å². The van der Waals surface area contributed by atoms with Gasteiger partial charge in [-0.05, 0) is 42.3 Å². The second-order valence-corrected chi connectivity index (χ2v) is 7.01. The number of nitrogens with zero attached hydrogens (tertiary/aromatic N) is 3. The van der Waals surface area contributed by atoms with Crippen LogP contribution in [0.25, 0.3) is 0 Å². The number of imide groups is 1. The molecule has 0 bridgehead atoms. The average molecular weight is 453 g/mol. The maximum Gasteiger partial charge on any atom is 0.417 e. The van der Waals surface area contributed by atoms with Crippen molar-refractivity contribution < 1.29 is 36.3 Å². The summed E-state index contributed by atoms with van der Waals surface area (Å²) < 4.78 is 73.5. The second kappa shape index (κ2) is 7.78. The summed E-state index contributed by atoms with van der Waals surface area (Å²) in [7, 11) is 2.26. The van der Waals surface area contributed by atoms with Crippen LogP contribution in [0.15, 0.2) is 30.3 Å². The molecule has 0 N–H and O–H groups in total. The average Bonchev–Trinajstić information content (AvgIpc) is 2.92. The monoisotopic (exact) mass is 453 g/mol. The molecule has 11 heteroatoms. The van der Waals surface area contributed by atoms with E-state index in [0.717, 1.165) is 36.3 Å². The number of halogens is 5. The number of likely N-dealkylation sites (N-methyl/N-ethyl adjacent to an activating group) is 1. The standard InChI is InChI=1S/C21H16F5N3O3/c1-4-20(12-7-15(22)17(32-3)16(23)8-12)18(30)29(19(31)28(20)2)13-6-5-11(10-27)14(9-13)21(24,25)26/h5-9H,4H2,1-3H3. The van der Waals surface area contributed by atoms with E-state index in [1.54, 1.807) is 0 Å². The number of hydrogen-bond donors (Lipinski definition) is 0. The Hall–Kier alpha value is -3.68. The van der Waals surface area contributed by atoms with Crippen LogP contribution < -0.4 is 9.64 Å². The van der Waals surface area contributed by atoms with Gasteiger partial charge >= 0.3 is 12.2 Å². The van der Waals surface area contributed by atoms with Crippen molar-refractivity contribution in [2.45, 2.75) is 25.1 Å². The first-order valence-corrected chi connectivity index (χ1v) is 9.21. The van der Waals surface area contributed by atoms with Gasteiger partial charge in [-0.25, -0.2) is 18.5 Å². The Morgan fingerprint density at radius 3 is 2.19 bits per heavy atom. The molecule has 0 aliphatic carbocycles. The summed E-state index contributed by atoms with van der Waals surface area (Å²) in [6, 6.07) is 4.49. The Kier molecular flexibility index (Phi) is 5.59. The van der Waals surface area contributed by atoms with E-state index >= 15 is 0 Å². The number of hydrogen-bond acceptors (Lipinski definition) is 4. The zero-order valence-corrected chi connectivity index (χ0v) is 17.1. The number of benzene rings is 2. The minimum Gasteiger partial charge on any atom is -0.491 e. The second-order valence-electron chi connectivity index (χ2n) is 7.01. The van der Waals surface area contributed by atoms with Gasteiger partial charge in [0.15, 0.2) is 17.4 Å². The minimum atomic E-state index is -4.91. The van der Waals surface area contributed by atoms with Gasteiger partial charge in [0.25, 0.3) is 5.91 Å². The van der Waals surface area contributed by atoms with Gasteiger partial charge in [-0.2, -0.15) is 18.4 Å². The van der Waals surface area contributed by atoms with Crippen molar-refractivity contribution in [2.24, 2.45) is 0 Å². The summed E-state index contributed by atoms with van der Waals surface area (Å²) in [5, 5.41) is 8.96. The fourth-order valence-corrected chi connectivity index (χ4v) is 3.86. The molecule has 1 aliphatic heterocycles. The van der Waals surface area contributed by atoms with Crippen LogP contribution in [-0.4, -0.2) is 31.0 Å². The van der Waals surface area contributed by atoms with Crippen LogP contribution in [0.2, 0.25) is 0 Å². The quantitative estimate of drug-likeness (QED) is 0.502. The van der Waals surface area contributed by atoms with E-state index in [-0.39, 0.29) is 12.0 Å². The lowest BCUT2D eigenvalue weighted by Gasteiger charge is -2.32. The van der Waals surface area contributed by atoms with Crippen molar-refractivity contribution in [2.75, 3.05) is 19.1 Å². The Balaban J connectivity index is 2.20. The molecule has 32 heavy (non-hydrogen) atoms. The number of nitriles is 1. The molecule has 1 unspecified atom stereocenters. The van der Waals surface area contributed by atoms with Crippen molar-refractivity contribution >= 4 is 17.6 Å². The van der Waals surface area contributed by atoms with E-state index in [0.29, 0.717) is 11.0 Å². The minimum absolute atomic E-state index is 0.127. The summed E-state index contributed by atoms with van der Waals surface area (Å²) >= 11 is 0. The van der Waals surface area contributed by atoms with Crippen LogP contribution >= 0.6 is 0 Å². The molecular weight excluding hydrogens is 437 g/mol.